The van der Waals surface area contributed by atoms with E-state index in [1.54, 1.807) is 0 Å². The van der Waals surface area contributed by atoms with Gasteiger partial charge in [-0.15, -0.1) is 0 Å². The molecular formula is C13H25NO3. The third-order valence-electron chi connectivity index (χ3n) is 2.67. The maximum atomic E-state index is 11.3. The fourth-order valence-corrected chi connectivity index (χ4v) is 1.64. The fraction of sp³-hybridized carbons (Fsp3) is 0.846. The van der Waals surface area contributed by atoms with Crippen molar-refractivity contribution in [1.82, 2.24) is 5.32 Å². The molecule has 0 saturated carbocycles. The number of rotatable bonds is 11. The first-order valence-electron chi connectivity index (χ1n) is 6.65. The smallest absolute Gasteiger partial charge is 0.305 e. The van der Waals surface area contributed by atoms with Crippen LogP contribution in [0.3, 0.4) is 0 Å². The molecule has 0 unspecified atom stereocenters. The minimum atomic E-state index is -0.874. The largest absolute Gasteiger partial charge is 0.481 e. The van der Waals surface area contributed by atoms with Crippen molar-refractivity contribution >= 4 is 11.9 Å². The van der Waals surface area contributed by atoms with Gasteiger partial charge >= 0.3 is 5.97 Å². The number of aliphatic carboxylic acids is 1. The monoisotopic (exact) mass is 243 g/mol. The Kier molecular flexibility index (Phi) is 10.7. The van der Waals surface area contributed by atoms with Crippen LogP contribution in [-0.4, -0.2) is 23.5 Å². The van der Waals surface area contributed by atoms with E-state index in [1.165, 1.54) is 32.1 Å². The molecule has 0 heterocycles. The Morgan fingerprint density at radius 3 is 2.12 bits per heavy atom. The Morgan fingerprint density at radius 1 is 0.941 bits per heavy atom. The van der Waals surface area contributed by atoms with E-state index in [0.717, 1.165) is 12.8 Å². The highest BCUT2D eigenvalue weighted by atomic mass is 16.4. The molecule has 17 heavy (non-hydrogen) atoms. The molecular weight excluding hydrogens is 218 g/mol. The van der Waals surface area contributed by atoms with Gasteiger partial charge in [0.15, 0.2) is 0 Å². The quantitative estimate of drug-likeness (QED) is 0.548. The molecule has 100 valence electrons. The topological polar surface area (TPSA) is 66.4 Å². The van der Waals surface area contributed by atoms with Crippen LogP contribution in [0.1, 0.15) is 64.7 Å². The Labute approximate surface area is 104 Å². The van der Waals surface area contributed by atoms with Gasteiger partial charge in [-0.05, 0) is 6.42 Å². The van der Waals surface area contributed by atoms with E-state index >= 15 is 0 Å². The summed E-state index contributed by atoms with van der Waals surface area (Å²) in [5.74, 6) is -0.902. The summed E-state index contributed by atoms with van der Waals surface area (Å²) in [7, 11) is 0. The van der Waals surface area contributed by atoms with Crippen LogP contribution in [0.2, 0.25) is 0 Å². The van der Waals surface area contributed by atoms with Gasteiger partial charge in [0, 0.05) is 13.0 Å². The number of hydrogen-bond acceptors (Lipinski definition) is 2. The molecule has 0 aliphatic heterocycles. The first-order chi connectivity index (χ1) is 8.16. The highest BCUT2D eigenvalue weighted by molar-refractivity contribution is 5.76. The average molecular weight is 243 g/mol. The van der Waals surface area contributed by atoms with Crippen LogP contribution in [0.25, 0.3) is 0 Å². The Hall–Kier alpha value is -1.06. The molecule has 2 N–H and O–H groups in total. The summed E-state index contributed by atoms with van der Waals surface area (Å²) in [4.78, 5) is 21.5. The van der Waals surface area contributed by atoms with Crippen LogP contribution >= 0.6 is 0 Å². The number of carboxylic acid groups (broad SMARTS) is 1. The van der Waals surface area contributed by atoms with Gasteiger partial charge in [0.1, 0.15) is 0 Å². The molecule has 0 aliphatic rings. The molecule has 4 nitrogen and oxygen atoms in total. The molecule has 0 radical (unpaired) electrons. The van der Waals surface area contributed by atoms with Crippen LogP contribution in [0.5, 0.6) is 0 Å². The van der Waals surface area contributed by atoms with Crippen LogP contribution in [0.15, 0.2) is 0 Å². The van der Waals surface area contributed by atoms with Gasteiger partial charge in [-0.2, -0.15) is 0 Å². The van der Waals surface area contributed by atoms with E-state index < -0.39 is 5.97 Å². The molecule has 0 saturated heterocycles. The highest BCUT2D eigenvalue weighted by Crippen LogP contribution is 2.08. The predicted octanol–water partition coefficient (Wildman–Crippen LogP) is 2.72. The van der Waals surface area contributed by atoms with Crippen molar-refractivity contribution in [3.63, 3.8) is 0 Å². The molecule has 0 aromatic rings. The van der Waals surface area contributed by atoms with Gasteiger partial charge in [0.2, 0.25) is 5.91 Å². The number of carbonyl (C=O) groups excluding carboxylic acids is 1. The normalized spacial score (nSPS) is 10.2. The number of nitrogens with one attached hydrogen (secondary N) is 1. The molecule has 1 amide bonds. The zero-order chi connectivity index (χ0) is 12.9. The van der Waals surface area contributed by atoms with Gasteiger partial charge in [-0.3, -0.25) is 9.59 Å². The standard InChI is InChI=1S/C13H25NO3/c1-2-3-4-5-6-7-8-9-12(15)14-11-10-13(16)17/h2-11H2,1H3,(H,14,15)(H,16,17). The van der Waals surface area contributed by atoms with Crippen molar-refractivity contribution in [2.24, 2.45) is 0 Å². The summed E-state index contributed by atoms with van der Waals surface area (Å²) >= 11 is 0. The second-order valence-electron chi connectivity index (χ2n) is 4.37. The molecule has 0 fully saturated rings. The Bertz CT molecular complexity index is 217. The van der Waals surface area contributed by atoms with E-state index in [-0.39, 0.29) is 18.9 Å². The fourth-order valence-electron chi connectivity index (χ4n) is 1.64. The van der Waals surface area contributed by atoms with E-state index in [4.69, 9.17) is 5.11 Å². The number of carboxylic acids is 1. The molecule has 0 aromatic heterocycles. The summed E-state index contributed by atoms with van der Waals surface area (Å²) in [6, 6.07) is 0. The van der Waals surface area contributed by atoms with Crippen molar-refractivity contribution in [2.75, 3.05) is 6.54 Å². The van der Waals surface area contributed by atoms with Gasteiger partial charge < -0.3 is 10.4 Å². The van der Waals surface area contributed by atoms with Crippen molar-refractivity contribution in [3.05, 3.63) is 0 Å². The zero-order valence-electron chi connectivity index (χ0n) is 10.8. The first-order valence-corrected chi connectivity index (χ1v) is 6.65. The molecule has 0 spiro atoms. The summed E-state index contributed by atoms with van der Waals surface area (Å²) in [5, 5.41) is 11.0. The van der Waals surface area contributed by atoms with Crippen molar-refractivity contribution < 1.29 is 14.7 Å². The lowest BCUT2D eigenvalue weighted by Crippen LogP contribution is -2.25. The number of hydrogen-bond donors (Lipinski definition) is 2. The molecule has 0 aromatic carbocycles. The lowest BCUT2D eigenvalue weighted by atomic mass is 10.1. The van der Waals surface area contributed by atoms with Crippen LogP contribution in [0.4, 0.5) is 0 Å². The number of unbranched alkanes of at least 4 members (excludes halogenated alkanes) is 6. The molecule has 0 atom stereocenters. The minimum Gasteiger partial charge on any atom is -0.481 e. The van der Waals surface area contributed by atoms with E-state index in [9.17, 15) is 9.59 Å². The number of carbonyl (C=O) groups is 2. The van der Waals surface area contributed by atoms with Gasteiger partial charge in [0.25, 0.3) is 0 Å². The van der Waals surface area contributed by atoms with Crippen LogP contribution < -0.4 is 5.32 Å². The molecule has 0 aliphatic carbocycles. The maximum absolute atomic E-state index is 11.3. The SMILES string of the molecule is CCCCCCCCCC(=O)NCCC(=O)O. The van der Waals surface area contributed by atoms with Crippen molar-refractivity contribution in [2.45, 2.75) is 64.7 Å². The Morgan fingerprint density at radius 2 is 1.53 bits per heavy atom. The summed E-state index contributed by atoms with van der Waals surface area (Å²) < 4.78 is 0. The van der Waals surface area contributed by atoms with Gasteiger partial charge in [-0.25, -0.2) is 0 Å². The van der Waals surface area contributed by atoms with E-state index in [1.807, 2.05) is 0 Å². The lowest BCUT2D eigenvalue weighted by Gasteiger charge is -2.03. The van der Waals surface area contributed by atoms with E-state index in [0.29, 0.717) is 6.42 Å². The summed E-state index contributed by atoms with van der Waals surface area (Å²) in [6.07, 6.45) is 8.83. The van der Waals surface area contributed by atoms with Crippen molar-refractivity contribution in [3.8, 4) is 0 Å². The molecule has 0 rings (SSSR count). The van der Waals surface area contributed by atoms with Gasteiger partial charge in [0.05, 0.1) is 6.42 Å². The maximum Gasteiger partial charge on any atom is 0.305 e. The highest BCUT2D eigenvalue weighted by Gasteiger charge is 2.02. The summed E-state index contributed by atoms with van der Waals surface area (Å²) in [5.41, 5.74) is 0. The van der Waals surface area contributed by atoms with E-state index in [2.05, 4.69) is 12.2 Å². The second kappa shape index (κ2) is 11.4. The first kappa shape index (κ1) is 15.9. The third-order valence-corrected chi connectivity index (χ3v) is 2.67. The van der Waals surface area contributed by atoms with Gasteiger partial charge in [-0.1, -0.05) is 45.4 Å². The molecule has 4 heteroatoms. The Balaban J connectivity index is 3.19. The van der Waals surface area contributed by atoms with Crippen LogP contribution in [0, 0.1) is 0 Å². The third kappa shape index (κ3) is 12.9. The zero-order valence-corrected chi connectivity index (χ0v) is 10.8. The number of amides is 1. The predicted molar refractivity (Wildman–Crippen MR) is 67.9 cm³/mol. The van der Waals surface area contributed by atoms with Crippen LogP contribution in [-0.2, 0) is 9.59 Å². The molecule has 0 bridgehead atoms. The second-order valence-corrected chi connectivity index (χ2v) is 4.37. The van der Waals surface area contributed by atoms with Crippen molar-refractivity contribution in [1.29, 1.82) is 0 Å². The summed E-state index contributed by atoms with van der Waals surface area (Å²) in [6.45, 7) is 2.44. The minimum absolute atomic E-state index is 0.00274. The average Bonchev–Trinajstić information content (AvgIpc) is 2.27. The lowest BCUT2D eigenvalue weighted by molar-refractivity contribution is -0.136.